The normalized spacial score (nSPS) is 41.1. The number of fused-ring (bicyclic) bond motifs is 2. The standard InChI is InChI=1S/C12H21NO/c1-9(2)5-6-12(14)7-10-3-4-11(8-12)13-10/h5,10-11,13-14H,3-4,6-8H2,1-2H3. The molecule has 2 heteroatoms. The lowest BCUT2D eigenvalue weighted by Crippen LogP contribution is -2.48. The summed E-state index contributed by atoms with van der Waals surface area (Å²) in [4.78, 5) is 0. The molecule has 0 aromatic heterocycles. The van der Waals surface area contributed by atoms with Crippen molar-refractivity contribution in [3.05, 3.63) is 11.6 Å². The van der Waals surface area contributed by atoms with Crippen LogP contribution in [0.1, 0.15) is 46.0 Å². The van der Waals surface area contributed by atoms with E-state index < -0.39 is 5.60 Å². The van der Waals surface area contributed by atoms with Gasteiger partial charge >= 0.3 is 0 Å². The first-order valence-corrected chi connectivity index (χ1v) is 5.69. The minimum atomic E-state index is -0.422. The molecule has 2 saturated heterocycles. The third kappa shape index (κ3) is 2.18. The zero-order valence-electron chi connectivity index (χ0n) is 9.21. The van der Waals surface area contributed by atoms with Crippen LogP contribution in [0.5, 0.6) is 0 Å². The Kier molecular flexibility index (Phi) is 2.67. The Labute approximate surface area is 86.4 Å². The van der Waals surface area contributed by atoms with Gasteiger partial charge in [-0.15, -0.1) is 0 Å². The maximum Gasteiger partial charge on any atom is 0.0711 e. The van der Waals surface area contributed by atoms with Crippen LogP contribution in [0, 0.1) is 0 Å². The fourth-order valence-electron chi connectivity index (χ4n) is 2.79. The average Bonchev–Trinajstić information content (AvgIpc) is 2.43. The van der Waals surface area contributed by atoms with Gasteiger partial charge in [0.25, 0.3) is 0 Å². The summed E-state index contributed by atoms with van der Waals surface area (Å²) in [5.41, 5.74) is 0.887. The van der Waals surface area contributed by atoms with Crippen molar-refractivity contribution in [3.63, 3.8) is 0 Å². The lowest BCUT2D eigenvalue weighted by molar-refractivity contribution is -0.00389. The van der Waals surface area contributed by atoms with Crippen LogP contribution in [0.4, 0.5) is 0 Å². The number of nitrogens with one attached hydrogen (secondary N) is 1. The third-order valence-electron chi connectivity index (χ3n) is 3.48. The first-order chi connectivity index (χ1) is 6.57. The Hall–Kier alpha value is -0.340. The molecule has 2 aliphatic heterocycles. The third-order valence-corrected chi connectivity index (χ3v) is 3.48. The van der Waals surface area contributed by atoms with Crippen molar-refractivity contribution < 1.29 is 5.11 Å². The fraction of sp³-hybridized carbons (Fsp3) is 0.833. The van der Waals surface area contributed by atoms with Crippen molar-refractivity contribution in [1.29, 1.82) is 0 Å². The lowest BCUT2D eigenvalue weighted by Gasteiger charge is -2.36. The molecule has 2 unspecified atom stereocenters. The molecule has 2 N–H and O–H groups in total. The Morgan fingerprint density at radius 1 is 1.36 bits per heavy atom. The smallest absolute Gasteiger partial charge is 0.0711 e. The highest BCUT2D eigenvalue weighted by Crippen LogP contribution is 2.36. The van der Waals surface area contributed by atoms with Crippen LogP contribution < -0.4 is 5.32 Å². The number of rotatable bonds is 2. The minimum Gasteiger partial charge on any atom is -0.389 e. The predicted molar refractivity (Wildman–Crippen MR) is 58.2 cm³/mol. The van der Waals surface area contributed by atoms with E-state index in [1.165, 1.54) is 18.4 Å². The second-order valence-corrected chi connectivity index (χ2v) is 5.26. The van der Waals surface area contributed by atoms with Gasteiger partial charge in [-0.3, -0.25) is 0 Å². The van der Waals surface area contributed by atoms with Gasteiger partial charge in [-0.05, 0) is 46.0 Å². The number of allylic oxidation sites excluding steroid dienone is 1. The molecule has 0 aromatic rings. The first kappa shape index (κ1) is 10.2. The topological polar surface area (TPSA) is 32.3 Å². The number of hydrogen-bond acceptors (Lipinski definition) is 2. The molecule has 0 spiro atoms. The van der Waals surface area contributed by atoms with E-state index in [1.54, 1.807) is 0 Å². The summed E-state index contributed by atoms with van der Waals surface area (Å²) in [5, 5.41) is 14.0. The maximum atomic E-state index is 10.4. The van der Waals surface area contributed by atoms with Crippen molar-refractivity contribution in [3.8, 4) is 0 Å². The molecular weight excluding hydrogens is 174 g/mol. The van der Waals surface area contributed by atoms with Crippen molar-refractivity contribution >= 4 is 0 Å². The Morgan fingerprint density at radius 2 is 1.93 bits per heavy atom. The predicted octanol–water partition coefficient (Wildman–Crippen LogP) is 1.99. The summed E-state index contributed by atoms with van der Waals surface area (Å²) in [6, 6.07) is 1.15. The minimum absolute atomic E-state index is 0.422. The second-order valence-electron chi connectivity index (χ2n) is 5.26. The van der Waals surface area contributed by atoms with Crippen LogP contribution in [-0.4, -0.2) is 22.8 Å². The van der Waals surface area contributed by atoms with Gasteiger partial charge in [-0.25, -0.2) is 0 Å². The summed E-state index contributed by atoms with van der Waals surface area (Å²) in [6.07, 6.45) is 7.39. The van der Waals surface area contributed by atoms with Gasteiger partial charge in [-0.2, -0.15) is 0 Å². The summed E-state index contributed by atoms with van der Waals surface area (Å²) in [5.74, 6) is 0. The highest BCUT2D eigenvalue weighted by atomic mass is 16.3. The molecule has 80 valence electrons. The quantitative estimate of drug-likeness (QED) is 0.660. The average molecular weight is 195 g/mol. The first-order valence-electron chi connectivity index (χ1n) is 5.69. The molecule has 2 nitrogen and oxygen atoms in total. The zero-order chi connectivity index (χ0) is 10.2. The molecule has 2 heterocycles. The maximum absolute atomic E-state index is 10.4. The van der Waals surface area contributed by atoms with Crippen LogP contribution in [0.15, 0.2) is 11.6 Å². The second kappa shape index (κ2) is 3.67. The van der Waals surface area contributed by atoms with Crippen molar-refractivity contribution in [1.82, 2.24) is 5.32 Å². The van der Waals surface area contributed by atoms with Crippen molar-refractivity contribution in [2.45, 2.75) is 63.6 Å². The van der Waals surface area contributed by atoms with E-state index >= 15 is 0 Å². The van der Waals surface area contributed by atoms with Gasteiger partial charge in [0.15, 0.2) is 0 Å². The molecule has 2 aliphatic rings. The van der Waals surface area contributed by atoms with Crippen molar-refractivity contribution in [2.24, 2.45) is 0 Å². The molecule has 0 aliphatic carbocycles. The van der Waals surface area contributed by atoms with Crippen LogP contribution in [0.25, 0.3) is 0 Å². The molecular formula is C12H21NO. The Balaban J connectivity index is 1.99. The SMILES string of the molecule is CC(C)=CCC1(O)CC2CCC(C1)N2. The highest BCUT2D eigenvalue weighted by Gasteiger charge is 2.41. The van der Waals surface area contributed by atoms with E-state index in [2.05, 4.69) is 25.2 Å². The molecule has 2 rings (SSSR count). The van der Waals surface area contributed by atoms with Crippen molar-refractivity contribution in [2.75, 3.05) is 0 Å². The molecule has 0 saturated carbocycles. The molecule has 0 radical (unpaired) electrons. The van der Waals surface area contributed by atoms with Gasteiger partial charge in [0.05, 0.1) is 5.60 Å². The Bertz CT molecular complexity index is 231. The molecule has 2 fully saturated rings. The summed E-state index contributed by atoms with van der Waals surface area (Å²) in [7, 11) is 0. The van der Waals surface area contributed by atoms with E-state index in [0.29, 0.717) is 12.1 Å². The summed E-state index contributed by atoms with van der Waals surface area (Å²) < 4.78 is 0. The summed E-state index contributed by atoms with van der Waals surface area (Å²) >= 11 is 0. The van der Waals surface area contributed by atoms with Gasteiger partial charge in [0.1, 0.15) is 0 Å². The van der Waals surface area contributed by atoms with E-state index in [-0.39, 0.29) is 0 Å². The van der Waals surface area contributed by atoms with Crippen LogP contribution >= 0.6 is 0 Å². The largest absolute Gasteiger partial charge is 0.389 e. The highest BCUT2D eigenvalue weighted by molar-refractivity contribution is 5.05. The molecule has 0 amide bonds. The molecule has 0 aromatic carbocycles. The monoisotopic (exact) mass is 195 g/mol. The summed E-state index contributed by atoms with van der Waals surface area (Å²) in [6.45, 7) is 4.19. The van der Waals surface area contributed by atoms with E-state index in [9.17, 15) is 5.11 Å². The Morgan fingerprint density at radius 3 is 2.43 bits per heavy atom. The number of aliphatic hydroxyl groups is 1. The lowest BCUT2D eigenvalue weighted by atomic mass is 9.84. The van der Waals surface area contributed by atoms with Crippen LogP contribution in [0.2, 0.25) is 0 Å². The van der Waals surface area contributed by atoms with Gasteiger partial charge in [0.2, 0.25) is 0 Å². The van der Waals surface area contributed by atoms with Crippen LogP contribution in [-0.2, 0) is 0 Å². The zero-order valence-corrected chi connectivity index (χ0v) is 9.21. The van der Waals surface area contributed by atoms with E-state index in [1.807, 2.05) is 0 Å². The van der Waals surface area contributed by atoms with E-state index in [4.69, 9.17) is 0 Å². The molecule has 14 heavy (non-hydrogen) atoms. The fourth-order valence-corrected chi connectivity index (χ4v) is 2.79. The van der Waals surface area contributed by atoms with E-state index in [0.717, 1.165) is 19.3 Å². The number of piperidine rings is 1. The van der Waals surface area contributed by atoms with Gasteiger partial charge in [0, 0.05) is 12.1 Å². The van der Waals surface area contributed by atoms with Crippen LogP contribution in [0.3, 0.4) is 0 Å². The van der Waals surface area contributed by atoms with Gasteiger partial charge < -0.3 is 10.4 Å². The molecule has 2 bridgehead atoms. The number of hydrogen-bond donors (Lipinski definition) is 2. The molecule has 2 atom stereocenters. The van der Waals surface area contributed by atoms with Gasteiger partial charge in [-0.1, -0.05) is 11.6 Å².